The molecule has 2 unspecified atom stereocenters. The summed E-state index contributed by atoms with van der Waals surface area (Å²) in [6.07, 6.45) is 6.23. The van der Waals surface area contributed by atoms with Crippen LogP contribution in [0, 0.1) is 11.8 Å². The molecule has 1 aromatic heterocycles. The molecule has 1 aliphatic heterocycles. The predicted octanol–water partition coefficient (Wildman–Crippen LogP) is 2.30. The number of ether oxygens (including phenoxy) is 1. The number of nitrogens with one attached hydrogen (secondary N) is 1. The molecule has 2 N–H and O–H groups in total. The van der Waals surface area contributed by atoms with Crippen LogP contribution in [0.4, 0.5) is 4.79 Å². The summed E-state index contributed by atoms with van der Waals surface area (Å²) in [5, 5.41) is 13.6. The highest BCUT2D eigenvalue weighted by atomic mass is 16.5. The number of amides is 2. The Labute approximate surface area is 142 Å². The summed E-state index contributed by atoms with van der Waals surface area (Å²) in [5.41, 5.74) is 0. The van der Waals surface area contributed by atoms with Crippen molar-refractivity contribution in [1.82, 2.24) is 10.2 Å². The average molecular weight is 334 g/mol. The van der Waals surface area contributed by atoms with Crippen molar-refractivity contribution in [3.63, 3.8) is 0 Å². The van der Waals surface area contributed by atoms with Crippen LogP contribution in [0.2, 0.25) is 0 Å². The van der Waals surface area contributed by atoms with Gasteiger partial charge in [-0.15, -0.1) is 0 Å². The number of urea groups is 1. The van der Waals surface area contributed by atoms with Gasteiger partial charge in [-0.1, -0.05) is 0 Å². The van der Waals surface area contributed by atoms with Gasteiger partial charge in [0.2, 0.25) is 0 Å². The Morgan fingerprint density at radius 3 is 2.71 bits per heavy atom. The zero-order valence-corrected chi connectivity index (χ0v) is 13.9. The van der Waals surface area contributed by atoms with Gasteiger partial charge in [0, 0.05) is 19.0 Å². The Bertz CT molecular complexity index is 541. The van der Waals surface area contributed by atoms with Gasteiger partial charge in [-0.3, -0.25) is 0 Å². The number of carbonyl (C=O) groups is 1. The smallest absolute Gasteiger partial charge is 0.318 e. The monoisotopic (exact) mass is 334 g/mol. The van der Waals surface area contributed by atoms with Gasteiger partial charge in [0.05, 0.1) is 25.5 Å². The van der Waals surface area contributed by atoms with Gasteiger partial charge in [0.1, 0.15) is 11.9 Å². The number of aliphatic hydroxyl groups excluding tert-OH is 1. The molecule has 3 fully saturated rings. The maximum atomic E-state index is 12.8. The highest BCUT2D eigenvalue weighted by Crippen LogP contribution is 2.44. The summed E-state index contributed by atoms with van der Waals surface area (Å²) in [6.45, 7) is 1.59. The first-order chi connectivity index (χ1) is 11.7. The molecule has 132 valence electrons. The van der Waals surface area contributed by atoms with Crippen molar-refractivity contribution in [1.29, 1.82) is 0 Å². The van der Waals surface area contributed by atoms with Crippen molar-refractivity contribution in [2.24, 2.45) is 11.8 Å². The van der Waals surface area contributed by atoms with Crippen LogP contribution in [0.1, 0.15) is 44.0 Å². The maximum Gasteiger partial charge on any atom is 0.318 e. The molecule has 0 spiro atoms. The first-order valence-corrected chi connectivity index (χ1v) is 9.08. The van der Waals surface area contributed by atoms with Crippen LogP contribution in [-0.4, -0.2) is 47.9 Å². The van der Waals surface area contributed by atoms with Crippen molar-refractivity contribution >= 4 is 6.03 Å². The molecule has 2 saturated carbocycles. The summed E-state index contributed by atoms with van der Waals surface area (Å²) >= 11 is 0. The minimum atomic E-state index is -0.718. The molecule has 2 amide bonds. The molecule has 2 heterocycles. The van der Waals surface area contributed by atoms with E-state index in [1.807, 2.05) is 4.90 Å². The van der Waals surface area contributed by atoms with E-state index in [1.165, 1.54) is 25.7 Å². The molecule has 0 radical (unpaired) electrons. The van der Waals surface area contributed by atoms with Crippen LogP contribution in [-0.2, 0) is 4.74 Å². The largest absolute Gasteiger partial charge is 0.467 e. The van der Waals surface area contributed by atoms with Gasteiger partial charge in [-0.2, -0.15) is 0 Å². The third-order valence-corrected chi connectivity index (χ3v) is 5.41. The first kappa shape index (κ1) is 16.0. The van der Waals surface area contributed by atoms with Gasteiger partial charge < -0.3 is 24.5 Å². The van der Waals surface area contributed by atoms with Crippen LogP contribution < -0.4 is 5.32 Å². The SMILES string of the molecule is O=C(NC(C1CC1)C1CC1)N1CCOCC1CC(O)c1ccco1. The van der Waals surface area contributed by atoms with Gasteiger partial charge in [0.25, 0.3) is 0 Å². The zero-order valence-electron chi connectivity index (χ0n) is 13.9. The fraction of sp³-hybridized carbons (Fsp3) is 0.722. The van der Waals surface area contributed by atoms with E-state index in [4.69, 9.17) is 9.15 Å². The van der Waals surface area contributed by atoms with Crippen LogP contribution in [0.3, 0.4) is 0 Å². The Morgan fingerprint density at radius 2 is 2.08 bits per heavy atom. The Balaban J connectivity index is 1.38. The van der Waals surface area contributed by atoms with E-state index >= 15 is 0 Å². The highest BCUT2D eigenvalue weighted by Gasteiger charge is 2.43. The lowest BCUT2D eigenvalue weighted by atomic mass is 10.1. The van der Waals surface area contributed by atoms with Crippen molar-refractivity contribution < 1.29 is 19.1 Å². The van der Waals surface area contributed by atoms with E-state index in [-0.39, 0.29) is 12.1 Å². The average Bonchev–Trinajstić information content (AvgIpc) is 3.52. The second kappa shape index (κ2) is 6.76. The topological polar surface area (TPSA) is 74.9 Å². The van der Waals surface area contributed by atoms with Gasteiger partial charge >= 0.3 is 6.03 Å². The second-order valence-electron chi connectivity index (χ2n) is 7.34. The molecule has 2 aliphatic carbocycles. The number of morpholine rings is 1. The van der Waals surface area contributed by atoms with Gasteiger partial charge in [-0.05, 0) is 49.7 Å². The van der Waals surface area contributed by atoms with Crippen LogP contribution in [0.15, 0.2) is 22.8 Å². The summed E-state index contributed by atoms with van der Waals surface area (Å²) < 4.78 is 10.8. The summed E-state index contributed by atoms with van der Waals surface area (Å²) in [4.78, 5) is 14.6. The molecular formula is C18H26N2O4. The molecule has 2 atom stereocenters. The van der Waals surface area contributed by atoms with Crippen LogP contribution in [0.5, 0.6) is 0 Å². The van der Waals surface area contributed by atoms with Gasteiger partial charge in [-0.25, -0.2) is 4.79 Å². The van der Waals surface area contributed by atoms with E-state index in [9.17, 15) is 9.90 Å². The van der Waals surface area contributed by atoms with Crippen molar-refractivity contribution in [2.45, 2.75) is 50.3 Å². The lowest BCUT2D eigenvalue weighted by molar-refractivity contribution is -0.0104. The van der Waals surface area contributed by atoms with Crippen molar-refractivity contribution in [3.8, 4) is 0 Å². The third kappa shape index (κ3) is 3.59. The minimum Gasteiger partial charge on any atom is -0.467 e. The Hall–Kier alpha value is -1.53. The Kier molecular flexibility index (Phi) is 4.50. The Morgan fingerprint density at radius 1 is 1.33 bits per heavy atom. The second-order valence-corrected chi connectivity index (χ2v) is 7.34. The lowest BCUT2D eigenvalue weighted by Crippen LogP contribution is -2.55. The molecular weight excluding hydrogens is 308 g/mol. The number of rotatable bonds is 6. The van der Waals surface area contributed by atoms with E-state index in [0.29, 0.717) is 49.8 Å². The molecule has 0 bridgehead atoms. The molecule has 1 aromatic rings. The fourth-order valence-electron chi connectivity index (χ4n) is 3.73. The van der Waals surface area contributed by atoms with E-state index in [2.05, 4.69) is 5.32 Å². The minimum absolute atomic E-state index is 0.00116. The van der Waals surface area contributed by atoms with E-state index < -0.39 is 6.10 Å². The number of aliphatic hydroxyl groups is 1. The number of nitrogens with zero attached hydrogens (tertiary/aromatic N) is 1. The number of carbonyl (C=O) groups excluding carboxylic acids is 1. The van der Waals surface area contributed by atoms with E-state index in [1.54, 1.807) is 18.4 Å². The van der Waals surface area contributed by atoms with E-state index in [0.717, 1.165) is 0 Å². The van der Waals surface area contributed by atoms with Crippen LogP contribution in [0.25, 0.3) is 0 Å². The summed E-state index contributed by atoms with van der Waals surface area (Å²) in [5.74, 6) is 1.89. The first-order valence-electron chi connectivity index (χ1n) is 9.08. The number of hydrogen-bond acceptors (Lipinski definition) is 4. The number of hydrogen-bond donors (Lipinski definition) is 2. The molecule has 6 nitrogen and oxygen atoms in total. The molecule has 24 heavy (non-hydrogen) atoms. The lowest BCUT2D eigenvalue weighted by Gasteiger charge is -2.37. The predicted molar refractivity (Wildman–Crippen MR) is 87.4 cm³/mol. The third-order valence-electron chi connectivity index (χ3n) is 5.41. The molecule has 3 aliphatic rings. The quantitative estimate of drug-likeness (QED) is 0.837. The molecule has 4 rings (SSSR count). The van der Waals surface area contributed by atoms with Crippen molar-refractivity contribution in [3.05, 3.63) is 24.2 Å². The maximum absolute atomic E-state index is 12.8. The molecule has 6 heteroatoms. The highest BCUT2D eigenvalue weighted by molar-refractivity contribution is 5.75. The summed E-state index contributed by atoms with van der Waals surface area (Å²) in [7, 11) is 0. The fourth-order valence-corrected chi connectivity index (χ4v) is 3.73. The normalized spacial score (nSPS) is 25.8. The van der Waals surface area contributed by atoms with Gasteiger partial charge in [0.15, 0.2) is 0 Å². The zero-order chi connectivity index (χ0) is 16.5. The molecule has 0 aromatic carbocycles. The van der Waals surface area contributed by atoms with Crippen molar-refractivity contribution in [2.75, 3.05) is 19.8 Å². The molecule has 1 saturated heterocycles. The number of furan rings is 1. The van der Waals surface area contributed by atoms with Crippen LogP contribution >= 0.6 is 0 Å². The summed E-state index contributed by atoms with van der Waals surface area (Å²) in [6, 6.07) is 3.73. The standard InChI is InChI=1S/C18H26N2O4/c21-15(16-2-1-8-24-16)10-14-11-23-9-7-20(14)18(22)19-17(12-3-4-12)13-5-6-13/h1-2,8,12-15,17,21H,3-7,9-11H2,(H,19,22).